The first-order valence-corrected chi connectivity index (χ1v) is 12.4. The molecule has 0 fully saturated rings. The maximum absolute atomic E-state index is 6.43. The van der Waals surface area contributed by atoms with Gasteiger partial charge < -0.3 is 13.9 Å². The average molecular weight is 367 g/mol. The van der Waals surface area contributed by atoms with Gasteiger partial charge in [-0.2, -0.15) is 0 Å². The van der Waals surface area contributed by atoms with E-state index in [9.17, 15) is 0 Å². The van der Waals surface area contributed by atoms with Gasteiger partial charge in [-0.1, -0.05) is 64.5 Å². The maximum Gasteiger partial charge on any atom is 0.192 e. The molecule has 0 aromatic rings. The van der Waals surface area contributed by atoms with Crippen LogP contribution in [0.25, 0.3) is 0 Å². The zero-order valence-corrected chi connectivity index (χ0v) is 18.1. The molecule has 0 aromatic heterocycles. The number of hydrogen-bond acceptors (Lipinski definition) is 3. The van der Waals surface area contributed by atoms with Crippen LogP contribution in [0.4, 0.5) is 0 Å². The van der Waals surface area contributed by atoms with E-state index in [1.165, 1.54) is 23.7 Å². The molecule has 0 aliphatic carbocycles. The van der Waals surface area contributed by atoms with E-state index >= 15 is 0 Å². The summed E-state index contributed by atoms with van der Waals surface area (Å²) in [6.07, 6.45) is 12.6. The first-order valence-electron chi connectivity index (χ1n) is 9.90. The van der Waals surface area contributed by atoms with Crippen molar-refractivity contribution >= 4 is 8.32 Å². The Morgan fingerprint density at radius 3 is 2.48 bits per heavy atom. The third kappa shape index (κ3) is 7.61. The molecule has 0 saturated carbocycles. The fraction of sp³-hybridized carbons (Fsp3) is 0.714. The fourth-order valence-corrected chi connectivity index (χ4v) is 5.88. The number of methoxy groups -OCH3 is 1. The molecule has 0 saturated heterocycles. The summed E-state index contributed by atoms with van der Waals surface area (Å²) in [6.45, 7) is 12.1. The lowest BCUT2D eigenvalue weighted by atomic mass is 10.0. The third-order valence-electron chi connectivity index (χ3n) is 5.22. The van der Waals surface area contributed by atoms with Gasteiger partial charge in [-0.05, 0) is 43.0 Å². The van der Waals surface area contributed by atoms with Crippen LogP contribution in [0.3, 0.4) is 0 Å². The van der Waals surface area contributed by atoms with Crippen molar-refractivity contribution in [2.45, 2.75) is 78.0 Å². The first-order chi connectivity index (χ1) is 12.0. The van der Waals surface area contributed by atoms with Gasteiger partial charge in [0, 0.05) is 13.7 Å². The van der Waals surface area contributed by atoms with Crippen LogP contribution < -0.4 is 0 Å². The Balaban J connectivity index is 2.59. The van der Waals surface area contributed by atoms with Crippen molar-refractivity contribution in [1.82, 2.24) is 0 Å². The molecular formula is C21H38O3Si. The van der Waals surface area contributed by atoms with Crippen LogP contribution in [0.15, 0.2) is 36.0 Å². The van der Waals surface area contributed by atoms with Crippen molar-refractivity contribution < 1.29 is 13.9 Å². The Hall–Kier alpha value is -0.683. The van der Waals surface area contributed by atoms with E-state index in [0.29, 0.717) is 5.92 Å². The Kier molecular flexibility index (Phi) is 10.6. The summed E-state index contributed by atoms with van der Waals surface area (Å²) in [5, 5.41) is 0. The summed E-state index contributed by atoms with van der Waals surface area (Å²) in [7, 11) is 0.186. The lowest BCUT2D eigenvalue weighted by molar-refractivity contribution is -0.117. The molecule has 4 heteroatoms. The molecule has 0 amide bonds. The van der Waals surface area contributed by atoms with Crippen molar-refractivity contribution in [1.29, 1.82) is 0 Å². The second-order valence-electron chi connectivity index (χ2n) is 6.93. The van der Waals surface area contributed by atoms with Gasteiger partial charge in [-0.3, -0.25) is 0 Å². The third-order valence-corrected chi connectivity index (χ3v) is 9.87. The normalized spacial score (nSPS) is 23.4. The van der Waals surface area contributed by atoms with E-state index < -0.39 is 8.32 Å². The molecule has 0 bridgehead atoms. The molecule has 1 heterocycles. The fourth-order valence-electron chi connectivity index (χ4n) is 3.16. The van der Waals surface area contributed by atoms with Gasteiger partial charge in [0.05, 0.1) is 6.10 Å². The van der Waals surface area contributed by atoms with Crippen molar-refractivity contribution in [3.63, 3.8) is 0 Å². The lowest BCUT2D eigenvalue weighted by Crippen LogP contribution is -2.37. The van der Waals surface area contributed by atoms with Gasteiger partial charge in [-0.15, -0.1) is 0 Å². The summed E-state index contributed by atoms with van der Waals surface area (Å²) in [4.78, 5) is 0. The highest BCUT2D eigenvalue weighted by atomic mass is 28.4. The first kappa shape index (κ1) is 22.4. The van der Waals surface area contributed by atoms with Gasteiger partial charge in [-0.25, -0.2) is 0 Å². The second-order valence-corrected chi connectivity index (χ2v) is 11.7. The molecule has 3 nitrogen and oxygen atoms in total. The van der Waals surface area contributed by atoms with E-state index in [1.54, 1.807) is 7.11 Å². The Morgan fingerprint density at radius 1 is 1.24 bits per heavy atom. The summed E-state index contributed by atoms with van der Waals surface area (Å²) < 4.78 is 17.5. The van der Waals surface area contributed by atoms with Crippen LogP contribution >= 0.6 is 0 Å². The average Bonchev–Trinajstić information content (AvgIpc) is 2.66. The predicted octanol–water partition coefficient (Wildman–Crippen LogP) is 5.85. The molecule has 3 atom stereocenters. The Morgan fingerprint density at radius 2 is 1.92 bits per heavy atom. The van der Waals surface area contributed by atoms with Crippen LogP contribution in [-0.2, 0) is 13.9 Å². The monoisotopic (exact) mass is 366 g/mol. The highest BCUT2D eigenvalue weighted by Gasteiger charge is 2.28. The number of ether oxygens (including phenoxy) is 2. The molecule has 1 aliphatic heterocycles. The molecule has 0 unspecified atom stereocenters. The van der Waals surface area contributed by atoms with Crippen LogP contribution in [0.1, 0.15) is 47.5 Å². The largest absolute Gasteiger partial charge is 0.416 e. The van der Waals surface area contributed by atoms with E-state index in [-0.39, 0.29) is 12.4 Å². The molecule has 0 aromatic carbocycles. The van der Waals surface area contributed by atoms with Gasteiger partial charge in [0.15, 0.2) is 14.6 Å². The summed E-state index contributed by atoms with van der Waals surface area (Å²) >= 11 is 0. The van der Waals surface area contributed by atoms with Gasteiger partial charge >= 0.3 is 0 Å². The molecular weight excluding hydrogens is 328 g/mol. The highest BCUT2D eigenvalue weighted by Crippen LogP contribution is 2.23. The zero-order chi connectivity index (χ0) is 18.7. The van der Waals surface area contributed by atoms with Crippen LogP contribution in [0.2, 0.25) is 18.1 Å². The molecule has 1 aliphatic rings. The Labute approximate surface area is 156 Å². The van der Waals surface area contributed by atoms with Crippen molar-refractivity contribution in [2.24, 2.45) is 5.92 Å². The smallest absolute Gasteiger partial charge is 0.192 e. The van der Waals surface area contributed by atoms with Crippen molar-refractivity contribution in [3.05, 3.63) is 36.0 Å². The van der Waals surface area contributed by atoms with Crippen LogP contribution in [-0.4, -0.2) is 34.4 Å². The SMILES string of the molecule is CCC(=C/[C@H](C)CO[Si](CC)(CC)CC)/C=C/[C@H]1CC=C[C@H](OC)O1. The number of allylic oxidation sites excluding steroid dienone is 2. The topological polar surface area (TPSA) is 27.7 Å². The van der Waals surface area contributed by atoms with E-state index in [0.717, 1.165) is 19.4 Å². The van der Waals surface area contributed by atoms with Crippen molar-refractivity contribution in [2.75, 3.05) is 13.7 Å². The summed E-state index contributed by atoms with van der Waals surface area (Å²) in [6, 6.07) is 3.64. The van der Waals surface area contributed by atoms with Gasteiger partial charge in [0.1, 0.15) is 0 Å². The minimum Gasteiger partial charge on any atom is -0.416 e. The van der Waals surface area contributed by atoms with E-state index in [1.807, 2.05) is 6.08 Å². The molecule has 25 heavy (non-hydrogen) atoms. The molecule has 0 N–H and O–H groups in total. The molecule has 1 rings (SSSR count). The summed E-state index contributed by atoms with van der Waals surface area (Å²) in [5.41, 5.74) is 1.35. The van der Waals surface area contributed by atoms with E-state index in [4.69, 9.17) is 13.9 Å². The van der Waals surface area contributed by atoms with Crippen LogP contribution in [0.5, 0.6) is 0 Å². The summed E-state index contributed by atoms with van der Waals surface area (Å²) in [5.74, 6) is 0.440. The van der Waals surface area contributed by atoms with Crippen LogP contribution in [0, 0.1) is 5.92 Å². The second kappa shape index (κ2) is 11.8. The Bertz CT molecular complexity index is 444. The number of rotatable bonds is 11. The predicted molar refractivity (Wildman–Crippen MR) is 109 cm³/mol. The van der Waals surface area contributed by atoms with Gasteiger partial charge in [0.25, 0.3) is 0 Å². The standard InChI is InChI=1S/C21H38O3Si/c1-7-19(14-15-20-12-11-13-21(22-6)24-20)16-18(5)17-23-25(8-2,9-3)10-4/h11,13-16,18,20-21H,7-10,12,17H2,1-6H3/b15-14+,19-16-/t18-,20+,21+/m0/s1. The van der Waals surface area contributed by atoms with E-state index in [2.05, 4.69) is 58.9 Å². The molecule has 144 valence electrons. The van der Waals surface area contributed by atoms with Crippen molar-refractivity contribution in [3.8, 4) is 0 Å². The zero-order valence-electron chi connectivity index (χ0n) is 17.1. The number of hydrogen-bond donors (Lipinski definition) is 0. The maximum atomic E-state index is 6.43. The van der Waals surface area contributed by atoms with Gasteiger partial charge in [0.2, 0.25) is 0 Å². The quantitative estimate of drug-likeness (QED) is 0.261. The minimum atomic E-state index is -1.49. The highest BCUT2D eigenvalue weighted by molar-refractivity contribution is 6.73. The molecule has 0 radical (unpaired) electrons. The minimum absolute atomic E-state index is 0.0942. The lowest BCUT2D eigenvalue weighted by Gasteiger charge is -2.29. The molecule has 0 spiro atoms.